The van der Waals surface area contributed by atoms with Crippen LogP contribution in [0.25, 0.3) is 0 Å². The molecular weight excluding hydrogens is 216 g/mol. The Balaban J connectivity index is 2.20. The van der Waals surface area contributed by atoms with E-state index in [4.69, 9.17) is 10.5 Å². The van der Waals surface area contributed by atoms with Crippen molar-refractivity contribution in [3.63, 3.8) is 0 Å². The van der Waals surface area contributed by atoms with E-state index in [-0.39, 0.29) is 12.0 Å². The average molecular weight is 236 g/mol. The zero-order chi connectivity index (χ0) is 12.5. The lowest BCUT2D eigenvalue weighted by atomic mass is 10.1. The fourth-order valence-electron chi connectivity index (χ4n) is 1.53. The van der Waals surface area contributed by atoms with E-state index in [1.54, 1.807) is 7.11 Å². The van der Waals surface area contributed by atoms with Crippen LogP contribution in [0, 0.1) is 0 Å². The highest BCUT2D eigenvalue weighted by Crippen LogP contribution is 1.99. The van der Waals surface area contributed by atoms with Crippen LogP contribution in [0.1, 0.15) is 12.0 Å². The van der Waals surface area contributed by atoms with Gasteiger partial charge in [-0.2, -0.15) is 0 Å². The summed E-state index contributed by atoms with van der Waals surface area (Å²) in [7, 11) is 1.56. The molecule has 1 unspecified atom stereocenters. The van der Waals surface area contributed by atoms with Gasteiger partial charge in [0.1, 0.15) is 0 Å². The van der Waals surface area contributed by atoms with Crippen molar-refractivity contribution >= 4 is 5.91 Å². The highest BCUT2D eigenvalue weighted by molar-refractivity contribution is 5.76. The van der Waals surface area contributed by atoms with Gasteiger partial charge in [-0.1, -0.05) is 30.3 Å². The smallest absolute Gasteiger partial charge is 0.222 e. The second kappa shape index (κ2) is 7.81. The highest BCUT2D eigenvalue weighted by atomic mass is 16.5. The van der Waals surface area contributed by atoms with Crippen molar-refractivity contribution in [2.75, 3.05) is 20.2 Å². The summed E-state index contributed by atoms with van der Waals surface area (Å²) in [6.45, 7) is 1.01. The largest absolute Gasteiger partial charge is 0.380 e. The van der Waals surface area contributed by atoms with E-state index in [0.717, 1.165) is 6.42 Å². The number of carbonyl (C=O) groups is 1. The monoisotopic (exact) mass is 236 g/mol. The first-order valence-corrected chi connectivity index (χ1v) is 5.79. The molecule has 0 aliphatic heterocycles. The van der Waals surface area contributed by atoms with Crippen LogP contribution in [0.4, 0.5) is 0 Å². The number of benzene rings is 1. The predicted molar refractivity (Wildman–Crippen MR) is 67.6 cm³/mol. The highest BCUT2D eigenvalue weighted by Gasteiger charge is 2.10. The summed E-state index contributed by atoms with van der Waals surface area (Å²) in [5.41, 5.74) is 6.66. The van der Waals surface area contributed by atoms with Crippen molar-refractivity contribution in [1.29, 1.82) is 0 Å². The Kier molecular flexibility index (Phi) is 6.29. The molecule has 0 aliphatic rings. The van der Waals surface area contributed by atoms with Crippen molar-refractivity contribution in [2.45, 2.75) is 18.9 Å². The first kappa shape index (κ1) is 13.7. The summed E-state index contributed by atoms with van der Waals surface area (Å²) in [6, 6.07) is 10.1. The molecule has 1 rings (SSSR count). The average Bonchev–Trinajstić information content (AvgIpc) is 2.37. The maximum absolute atomic E-state index is 11.5. The molecule has 0 heterocycles. The van der Waals surface area contributed by atoms with E-state index < -0.39 is 0 Å². The summed E-state index contributed by atoms with van der Waals surface area (Å²) in [6.07, 6.45) is 0.973. The Morgan fingerprint density at radius 3 is 2.71 bits per heavy atom. The van der Waals surface area contributed by atoms with Gasteiger partial charge in [-0.05, 0) is 12.0 Å². The molecule has 0 saturated carbocycles. The van der Waals surface area contributed by atoms with Crippen LogP contribution >= 0.6 is 0 Å². The molecule has 0 fully saturated rings. The van der Waals surface area contributed by atoms with Gasteiger partial charge in [-0.3, -0.25) is 4.79 Å². The van der Waals surface area contributed by atoms with E-state index in [1.807, 2.05) is 30.3 Å². The first-order chi connectivity index (χ1) is 8.26. The van der Waals surface area contributed by atoms with Crippen molar-refractivity contribution in [3.8, 4) is 0 Å². The molecule has 4 heteroatoms. The Hall–Kier alpha value is -1.39. The Bertz CT molecular complexity index is 323. The van der Waals surface area contributed by atoms with E-state index >= 15 is 0 Å². The van der Waals surface area contributed by atoms with Crippen LogP contribution in [-0.4, -0.2) is 32.2 Å². The molecule has 17 heavy (non-hydrogen) atoms. The zero-order valence-corrected chi connectivity index (χ0v) is 10.2. The summed E-state index contributed by atoms with van der Waals surface area (Å²) in [5, 5.41) is 2.86. The zero-order valence-electron chi connectivity index (χ0n) is 10.2. The molecule has 0 bridgehead atoms. The summed E-state index contributed by atoms with van der Waals surface area (Å²) < 4.78 is 5.05. The molecule has 1 amide bonds. The number of hydrogen-bond acceptors (Lipinski definition) is 3. The molecule has 0 aromatic heterocycles. The molecule has 3 N–H and O–H groups in total. The van der Waals surface area contributed by atoms with Crippen molar-refractivity contribution in [2.24, 2.45) is 5.73 Å². The third-order valence-electron chi connectivity index (χ3n) is 2.59. The molecule has 0 radical (unpaired) electrons. The SMILES string of the molecule is COC(CN)CC(=O)NCCc1ccccc1. The fraction of sp³-hybridized carbons (Fsp3) is 0.462. The minimum Gasteiger partial charge on any atom is -0.380 e. The van der Waals surface area contributed by atoms with Gasteiger partial charge >= 0.3 is 0 Å². The van der Waals surface area contributed by atoms with Crippen LogP contribution in [0.15, 0.2) is 30.3 Å². The van der Waals surface area contributed by atoms with E-state index in [1.165, 1.54) is 5.56 Å². The van der Waals surface area contributed by atoms with Gasteiger partial charge in [-0.25, -0.2) is 0 Å². The molecular formula is C13H20N2O2. The Morgan fingerprint density at radius 2 is 2.12 bits per heavy atom. The standard InChI is InChI=1S/C13H20N2O2/c1-17-12(10-14)9-13(16)15-8-7-11-5-3-2-4-6-11/h2-6,12H,7-10,14H2,1H3,(H,15,16). The normalized spacial score (nSPS) is 12.1. The minimum atomic E-state index is -0.188. The predicted octanol–water partition coefficient (Wildman–Crippen LogP) is 0.709. The van der Waals surface area contributed by atoms with Gasteiger partial charge in [0.2, 0.25) is 5.91 Å². The van der Waals surface area contributed by atoms with Crippen LogP contribution < -0.4 is 11.1 Å². The van der Waals surface area contributed by atoms with Crippen molar-refractivity contribution in [3.05, 3.63) is 35.9 Å². The third kappa shape index (κ3) is 5.47. The number of methoxy groups -OCH3 is 1. The van der Waals surface area contributed by atoms with Gasteiger partial charge < -0.3 is 15.8 Å². The summed E-state index contributed by atoms with van der Waals surface area (Å²) in [4.78, 5) is 11.5. The lowest BCUT2D eigenvalue weighted by Crippen LogP contribution is -2.33. The number of hydrogen-bond donors (Lipinski definition) is 2. The van der Waals surface area contributed by atoms with Crippen LogP contribution in [0.2, 0.25) is 0 Å². The first-order valence-electron chi connectivity index (χ1n) is 5.79. The lowest BCUT2D eigenvalue weighted by Gasteiger charge is -2.12. The molecule has 0 spiro atoms. The number of nitrogens with one attached hydrogen (secondary N) is 1. The quantitative estimate of drug-likeness (QED) is 0.733. The van der Waals surface area contributed by atoms with Gasteiger partial charge in [0, 0.05) is 20.2 Å². The number of ether oxygens (including phenoxy) is 1. The maximum Gasteiger partial charge on any atom is 0.222 e. The van der Waals surface area contributed by atoms with Crippen molar-refractivity contribution in [1.82, 2.24) is 5.32 Å². The molecule has 1 aromatic carbocycles. The van der Waals surface area contributed by atoms with E-state index in [0.29, 0.717) is 19.5 Å². The van der Waals surface area contributed by atoms with Crippen LogP contribution in [0.5, 0.6) is 0 Å². The van der Waals surface area contributed by atoms with Gasteiger partial charge in [0.05, 0.1) is 12.5 Å². The van der Waals surface area contributed by atoms with Gasteiger partial charge in [-0.15, -0.1) is 0 Å². The van der Waals surface area contributed by atoms with E-state index in [2.05, 4.69) is 5.32 Å². The Labute approximate surface area is 102 Å². The van der Waals surface area contributed by atoms with E-state index in [9.17, 15) is 4.79 Å². The second-order valence-electron chi connectivity index (χ2n) is 3.88. The number of amides is 1. The number of nitrogens with two attached hydrogens (primary N) is 1. The van der Waals surface area contributed by atoms with Crippen molar-refractivity contribution < 1.29 is 9.53 Å². The summed E-state index contributed by atoms with van der Waals surface area (Å²) in [5.74, 6) is -0.0155. The fourth-order valence-corrected chi connectivity index (χ4v) is 1.53. The molecule has 1 atom stereocenters. The van der Waals surface area contributed by atoms with Crippen LogP contribution in [-0.2, 0) is 16.0 Å². The lowest BCUT2D eigenvalue weighted by molar-refractivity contribution is -0.123. The third-order valence-corrected chi connectivity index (χ3v) is 2.59. The second-order valence-corrected chi connectivity index (χ2v) is 3.88. The summed E-state index contributed by atoms with van der Waals surface area (Å²) >= 11 is 0. The molecule has 1 aromatic rings. The molecule has 0 saturated heterocycles. The van der Waals surface area contributed by atoms with Gasteiger partial charge in [0.15, 0.2) is 0 Å². The van der Waals surface area contributed by atoms with Crippen LogP contribution in [0.3, 0.4) is 0 Å². The number of carbonyl (C=O) groups excluding carboxylic acids is 1. The molecule has 94 valence electrons. The Morgan fingerprint density at radius 1 is 1.41 bits per heavy atom. The minimum absolute atomic E-state index is 0.0155. The van der Waals surface area contributed by atoms with Gasteiger partial charge in [0.25, 0.3) is 0 Å². The maximum atomic E-state index is 11.5. The molecule has 4 nitrogen and oxygen atoms in total. The number of rotatable bonds is 7. The molecule has 0 aliphatic carbocycles. The topological polar surface area (TPSA) is 64.3 Å².